The van der Waals surface area contributed by atoms with E-state index in [0.29, 0.717) is 5.54 Å². The van der Waals surface area contributed by atoms with E-state index < -0.39 is 0 Å². The van der Waals surface area contributed by atoms with Crippen molar-refractivity contribution in [2.75, 3.05) is 25.5 Å². The van der Waals surface area contributed by atoms with Crippen LogP contribution in [0.2, 0.25) is 0 Å². The molecule has 0 aromatic carbocycles. The summed E-state index contributed by atoms with van der Waals surface area (Å²) in [5.74, 6) is 1.91. The lowest BCUT2D eigenvalue weighted by Crippen LogP contribution is -2.48. The molecule has 1 spiro atoms. The molecular formula is C12H22N2OS. The number of ether oxygens (including phenoxy) is 1. The number of nitrogens with one attached hydrogen (secondary N) is 1. The van der Waals surface area contributed by atoms with Crippen molar-refractivity contribution in [2.45, 2.75) is 38.6 Å². The molecule has 0 saturated carbocycles. The van der Waals surface area contributed by atoms with Gasteiger partial charge >= 0.3 is 0 Å². The van der Waals surface area contributed by atoms with Gasteiger partial charge in [-0.2, -0.15) is 0 Å². The molecule has 2 fully saturated rings. The van der Waals surface area contributed by atoms with Crippen LogP contribution in [-0.2, 0) is 4.74 Å². The van der Waals surface area contributed by atoms with Crippen LogP contribution >= 0.6 is 11.8 Å². The maximum Gasteiger partial charge on any atom is 0.157 e. The Hall–Kier alpha value is -0.220. The molecular weight excluding hydrogens is 220 g/mol. The Morgan fingerprint density at radius 1 is 1.44 bits per heavy atom. The van der Waals surface area contributed by atoms with Gasteiger partial charge in [0.25, 0.3) is 0 Å². The van der Waals surface area contributed by atoms with Gasteiger partial charge < -0.3 is 10.1 Å². The van der Waals surface area contributed by atoms with E-state index in [2.05, 4.69) is 24.2 Å². The van der Waals surface area contributed by atoms with Crippen molar-refractivity contribution in [1.29, 1.82) is 0 Å². The summed E-state index contributed by atoms with van der Waals surface area (Å²) in [6.07, 6.45) is 3.44. The maximum atomic E-state index is 5.41. The quantitative estimate of drug-likeness (QED) is 0.824. The number of hydrogen-bond donors (Lipinski definition) is 1. The van der Waals surface area contributed by atoms with E-state index in [1.165, 1.54) is 6.42 Å². The lowest BCUT2D eigenvalue weighted by Gasteiger charge is -2.32. The van der Waals surface area contributed by atoms with E-state index in [9.17, 15) is 0 Å². The topological polar surface area (TPSA) is 33.6 Å². The zero-order valence-electron chi connectivity index (χ0n) is 10.3. The van der Waals surface area contributed by atoms with Gasteiger partial charge in [0, 0.05) is 25.5 Å². The molecule has 92 valence electrons. The molecule has 16 heavy (non-hydrogen) atoms. The third kappa shape index (κ3) is 3.14. The molecule has 4 heteroatoms. The predicted molar refractivity (Wildman–Crippen MR) is 70.1 cm³/mol. The first kappa shape index (κ1) is 12.2. The summed E-state index contributed by atoms with van der Waals surface area (Å²) in [7, 11) is 0. The minimum Gasteiger partial charge on any atom is -0.381 e. The van der Waals surface area contributed by atoms with Crippen LogP contribution in [0.5, 0.6) is 0 Å². The highest BCUT2D eigenvalue weighted by Gasteiger charge is 2.38. The van der Waals surface area contributed by atoms with Crippen LogP contribution in [-0.4, -0.2) is 36.2 Å². The molecule has 3 nitrogen and oxygen atoms in total. The molecule has 1 N–H and O–H groups in total. The standard InChI is InChI=1S/C12H22N2OS/c1-10(2)3-6-13-11-14-12(9-16-11)4-7-15-8-5-12/h10H,3-9H2,1-2H3,(H,13,14). The van der Waals surface area contributed by atoms with E-state index in [1.807, 2.05) is 11.8 Å². The fourth-order valence-corrected chi connectivity index (χ4v) is 3.29. The Labute approximate surface area is 102 Å². The highest BCUT2D eigenvalue weighted by Crippen LogP contribution is 2.31. The predicted octanol–water partition coefficient (Wildman–Crippen LogP) is 2.27. The van der Waals surface area contributed by atoms with Gasteiger partial charge in [0.15, 0.2) is 5.17 Å². The molecule has 0 unspecified atom stereocenters. The zero-order valence-corrected chi connectivity index (χ0v) is 11.1. The number of nitrogens with zero attached hydrogens (tertiary/aromatic N) is 1. The number of hydrogen-bond acceptors (Lipinski definition) is 3. The minimum absolute atomic E-state index is 0.291. The van der Waals surface area contributed by atoms with Crippen LogP contribution in [0.15, 0.2) is 4.99 Å². The smallest absolute Gasteiger partial charge is 0.157 e. The molecule has 0 bridgehead atoms. The normalized spacial score (nSPS) is 26.6. The van der Waals surface area contributed by atoms with Gasteiger partial charge in [-0.3, -0.25) is 4.99 Å². The van der Waals surface area contributed by atoms with Gasteiger partial charge in [0.05, 0.1) is 5.54 Å². The average molecular weight is 242 g/mol. The molecule has 0 atom stereocenters. The Balaban J connectivity index is 1.82. The van der Waals surface area contributed by atoms with E-state index >= 15 is 0 Å². The second kappa shape index (κ2) is 5.41. The molecule has 0 radical (unpaired) electrons. The van der Waals surface area contributed by atoms with Gasteiger partial charge in [-0.1, -0.05) is 25.6 Å². The Morgan fingerprint density at radius 2 is 2.19 bits per heavy atom. The summed E-state index contributed by atoms with van der Waals surface area (Å²) in [6.45, 7) is 7.24. The summed E-state index contributed by atoms with van der Waals surface area (Å²) in [5, 5.41) is 4.77. The lowest BCUT2D eigenvalue weighted by molar-refractivity contribution is 0.0555. The molecule has 2 aliphatic rings. The van der Waals surface area contributed by atoms with Crippen LogP contribution in [0.1, 0.15) is 33.1 Å². The van der Waals surface area contributed by atoms with Crippen molar-refractivity contribution in [3.05, 3.63) is 0 Å². The summed E-state index contributed by atoms with van der Waals surface area (Å²) < 4.78 is 5.41. The van der Waals surface area contributed by atoms with Crippen LogP contribution in [0.25, 0.3) is 0 Å². The SMILES string of the molecule is CC(C)CCN=C1NC2(CCOCC2)CS1. The molecule has 0 aromatic rings. The van der Waals surface area contributed by atoms with Gasteiger partial charge in [0.1, 0.15) is 0 Å². The van der Waals surface area contributed by atoms with Gasteiger partial charge in [0.2, 0.25) is 0 Å². The van der Waals surface area contributed by atoms with E-state index in [1.54, 1.807) is 0 Å². The summed E-state index contributed by atoms with van der Waals surface area (Å²) in [4.78, 5) is 4.64. The van der Waals surface area contributed by atoms with Crippen LogP contribution in [0, 0.1) is 5.92 Å². The highest BCUT2D eigenvalue weighted by atomic mass is 32.2. The monoisotopic (exact) mass is 242 g/mol. The fourth-order valence-electron chi connectivity index (χ4n) is 2.05. The van der Waals surface area contributed by atoms with E-state index in [4.69, 9.17) is 4.74 Å². The minimum atomic E-state index is 0.291. The van der Waals surface area contributed by atoms with Crippen molar-refractivity contribution in [3.8, 4) is 0 Å². The van der Waals surface area contributed by atoms with Gasteiger partial charge in [-0.25, -0.2) is 0 Å². The summed E-state index contributed by atoms with van der Waals surface area (Å²) >= 11 is 1.88. The first-order valence-electron chi connectivity index (χ1n) is 6.23. The lowest BCUT2D eigenvalue weighted by atomic mass is 9.93. The largest absolute Gasteiger partial charge is 0.381 e. The first-order valence-corrected chi connectivity index (χ1v) is 7.22. The number of aliphatic imine (C=N–C) groups is 1. The average Bonchev–Trinajstić information content (AvgIpc) is 2.62. The van der Waals surface area contributed by atoms with E-state index in [0.717, 1.165) is 49.4 Å². The number of amidine groups is 1. The molecule has 0 aliphatic carbocycles. The van der Waals surface area contributed by atoms with Crippen molar-refractivity contribution in [2.24, 2.45) is 10.9 Å². The van der Waals surface area contributed by atoms with Crippen molar-refractivity contribution < 1.29 is 4.74 Å². The first-order chi connectivity index (χ1) is 7.70. The summed E-state index contributed by atoms with van der Waals surface area (Å²) in [6, 6.07) is 0. The van der Waals surface area contributed by atoms with Crippen LogP contribution in [0.4, 0.5) is 0 Å². The Morgan fingerprint density at radius 3 is 2.88 bits per heavy atom. The molecule has 2 saturated heterocycles. The second-order valence-corrected chi connectivity index (χ2v) is 6.14. The molecule has 2 aliphatic heterocycles. The van der Waals surface area contributed by atoms with E-state index in [-0.39, 0.29) is 0 Å². The molecule has 0 amide bonds. The second-order valence-electron chi connectivity index (χ2n) is 5.18. The number of rotatable bonds is 3. The molecule has 2 heterocycles. The maximum absolute atomic E-state index is 5.41. The van der Waals surface area contributed by atoms with Gasteiger partial charge in [-0.05, 0) is 25.2 Å². The third-order valence-corrected chi connectivity index (χ3v) is 4.47. The Kier molecular flexibility index (Phi) is 4.14. The van der Waals surface area contributed by atoms with Crippen LogP contribution < -0.4 is 5.32 Å². The molecule has 2 rings (SSSR count). The summed E-state index contributed by atoms with van der Waals surface area (Å²) in [5.41, 5.74) is 0.291. The highest BCUT2D eigenvalue weighted by molar-refractivity contribution is 8.14. The zero-order chi connectivity index (χ0) is 11.4. The van der Waals surface area contributed by atoms with Crippen molar-refractivity contribution >= 4 is 16.9 Å². The van der Waals surface area contributed by atoms with Crippen molar-refractivity contribution in [1.82, 2.24) is 5.32 Å². The van der Waals surface area contributed by atoms with Crippen LogP contribution in [0.3, 0.4) is 0 Å². The Bertz CT molecular complexity index is 260. The van der Waals surface area contributed by atoms with Gasteiger partial charge in [-0.15, -0.1) is 0 Å². The molecule has 0 aromatic heterocycles. The third-order valence-electron chi connectivity index (χ3n) is 3.27. The van der Waals surface area contributed by atoms with Crippen molar-refractivity contribution in [3.63, 3.8) is 0 Å². The fraction of sp³-hybridized carbons (Fsp3) is 0.917. The number of thioether (sulfide) groups is 1.